The SMILES string of the molecule is C=CC(=CC=C(C)C)S(=O)(=O)n1cc(CC)c2c(Cl)ccnc21. The van der Waals surface area contributed by atoms with Crippen LogP contribution in [0, 0.1) is 0 Å². The molecule has 0 N–H and O–H groups in total. The highest BCUT2D eigenvalue weighted by molar-refractivity contribution is 7.94. The highest BCUT2D eigenvalue weighted by atomic mass is 35.5. The number of allylic oxidation sites excluding steroid dienone is 4. The van der Waals surface area contributed by atoms with Crippen LogP contribution in [0.25, 0.3) is 11.0 Å². The average molecular weight is 351 g/mol. The number of aromatic nitrogens is 2. The Labute approximate surface area is 141 Å². The van der Waals surface area contributed by atoms with E-state index in [-0.39, 0.29) is 4.91 Å². The van der Waals surface area contributed by atoms with Gasteiger partial charge >= 0.3 is 0 Å². The molecule has 122 valence electrons. The molecule has 2 aromatic rings. The summed E-state index contributed by atoms with van der Waals surface area (Å²) in [6.45, 7) is 9.35. The summed E-state index contributed by atoms with van der Waals surface area (Å²) in [5, 5.41) is 1.17. The quantitative estimate of drug-likeness (QED) is 0.748. The smallest absolute Gasteiger partial charge is 0.237 e. The van der Waals surface area contributed by atoms with Gasteiger partial charge in [-0.2, -0.15) is 0 Å². The maximum absolute atomic E-state index is 12.9. The Morgan fingerprint density at radius 3 is 2.65 bits per heavy atom. The zero-order valence-corrected chi connectivity index (χ0v) is 14.9. The van der Waals surface area contributed by atoms with E-state index in [1.54, 1.807) is 24.4 Å². The predicted molar refractivity (Wildman–Crippen MR) is 96.1 cm³/mol. The van der Waals surface area contributed by atoms with Gasteiger partial charge in [0.1, 0.15) is 0 Å². The van der Waals surface area contributed by atoms with Crippen LogP contribution in [0.2, 0.25) is 5.02 Å². The second-order valence-corrected chi connectivity index (χ2v) is 7.54. The van der Waals surface area contributed by atoms with E-state index in [1.165, 1.54) is 16.2 Å². The summed E-state index contributed by atoms with van der Waals surface area (Å²) in [5.74, 6) is 0. The first-order valence-corrected chi connectivity index (χ1v) is 9.02. The third kappa shape index (κ3) is 3.26. The van der Waals surface area contributed by atoms with Crippen molar-refractivity contribution in [3.8, 4) is 0 Å². The van der Waals surface area contributed by atoms with E-state index >= 15 is 0 Å². The van der Waals surface area contributed by atoms with E-state index in [9.17, 15) is 8.42 Å². The Balaban J connectivity index is 2.77. The maximum atomic E-state index is 12.9. The molecule has 0 bridgehead atoms. The molecule has 4 nitrogen and oxygen atoms in total. The Bertz CT molecular complexity index is 917. The molecule has 0 atom stereocenters. The van der Waals surface area contributed by atoms with Crippen LogP contribution < -0.4 is 0 Å². The molecule has 6 heteroatoms. The van der Waals surface area contributed by atoms with E-state index < -0.39 is 10.0 Å². The highest BCUT2D eigenvalue weighted by Crippen LogP contribution is 2.30. The van der Waals surface area contributed by atoms with Crippen molar-refractivity contribution in [1.82, 2.24) is 8.96 Å². The van der Waals surface area contributed by atoms with Gasteiger partial charge in [0, 0.05) is 17.8 Å². The molecule has 2 aromatic heterocycles. The first kappa shape index (κ1) is 17.5. The molecule has 0 aliphatic rings. The maximum Gasteiger partial charge on any atom is 0.269 e. The Morgan fingerprint density at radius 2 is 2.09 bits per heavy atom. The number of nitrogens with zero attached hydrogens (tertiary/aromatic N) is 2. The molecule has 2 heterocycles. The minimum absolute atomic E-state index is 0.111. The molecule has 0 aliphatic heterocycles. The number of rotatable bonds is 5. The standard InChI is InChI=1S/C17H19ClN2O2S/c1-5-13-11-20(17-16(13)15(18)9-10-19-17)23(21,22)14(6-2)8-7-12(3)4/h6-11H,2,5H2,1,3-4H3. The first-order valence-electron chi connectivity index (χ1n) is 7.20. The Hall–Kier alpha value is -1.85. The minimum Gasteiger partial charge on any atom is -0.237 e. The van der Waals surface area contributed by atoms with Gasteiger partial charge in [-0.1, -0.05) is 36.8 Å². The molecule has 2 rings (SSSR count). The van der Waals surface area contributed by atoms with Crippen molar-refractivity contribution in [3.05, 3.63) is 64.3 Å². The second-order valence-electron chi connectivity index (χ2n) is 5.32. The van der Waals surface area contributed by atoms with Gasteiger partial charge in [0.25, 0.3) is 10.0 Å². The van der Waals surface area contributed by atoms with Crippen LogP contribution in [0.5, 0.6) is 0 Å². The third-order valence-corrected chi connectivity index (χ3v) is 5.41. The van der Waals surface area contributed by atoms with Crippen LogP contribution in [0.3, 0.4) is 0 Å². The molecule has 0 saturated heterocycles. The third-order valence-electron chi connectivity index (χ3n) is 3.40. The zero-order valence-electron chi connectivity index (χ0n) is 13.4. The van der Waals surface area contributed by atoms with Crippen LogP contribution in [0.4, 0.5) is 0 Å². The summed E-state index contributed by atoms with van der Waals surface area (Å²) in [5.41, 5.74) is 2.17. The molecule has 0 fully saturated rings. The van der Waals surface area contributed by atoms with E-state index in [2.05, 4.69) is 11.6 Å². The molecule has 0 aromatic carbocycles. The molecule has 23 heavy (non-hydrogen) atoms. The number of hydrogen-bond acceptors (Lipinski definition) is 3. The summed E-state index contributed by atoms with van der Waals surface area (Å²) in [7, 11) is -3.79. The number of aryl methyl sites for hydroxylation is 1. The average Bonchev–Trinajstić information content (AvgIpc) is 2.88. The summed E-state index contributed by atoms with van der Waals surface area (Å²) < 4.78 is 27.1. The minimum atomic E-state index is -3.79. The van der Waals surface area contributed by atoms with Gasteiger partial charge in [-0.05, 0) is 44.1 Å². The van der Waals surface area contributed by atoms with Crippen molar-refractivity contribution < 1.29 is 8.42 Å². The zero-order chi connectivity index (χ0) is 17.2. The number of hydrogen-bond donors (Lipinski definition) is 0. The number of pyridine rings is 1. The van der Waals surface area contributed by atoms with Crippen molar-refractivity contribution in [1.29, 1.82) is 0 Å². The molecular formula is C17H19ClN2O2S. The summed E-state index contributed by atoms with van der Waals surface area (Å²) in [4.78, 5) is 4.32. The number of halogens is 1. The lowest BCUT2D eigenvalue weighted by molar-refractivity contribution is 0.596. The van der Waals surface area contributed by atoms with Crippen molar-refractivity contribution in [2.75, 3.05) is 0 Å². The molecule has 0 radical (unpaired) electrons. The van der Waals surface area contributed by atoms with E-state index in [1.807, 2.05) is 20.8 Å². The van der Waals surface area contributed by atoms with Crippen LogP contribution in [-0.4, -0.2) is 17.4 Å². The van der Waals surface area contributed by atoms with Crippen molar-refractivity contribution in [2.24, 2.45) is 0 Å². The Kier molecular flexibility index (Phi) is 5.12. The van der Waals surface area contributed by atoms with Crippen LogP contribution in [0.1, 0.15) is 26.3 Å². The number of fused-ring (bicyclic) bond motifs is 1. The molecular weight excluding hydrogens is 332 g/mol. The lowest BCUT2D eigenvalue weighted by atomic mass is 10.2. The van der Waals surface area contributed by atoms with Gasteiger partial charge in [0.15, 0.2) is 5.65 Å². The van der Waals surface area contributed by atoms with Crippen molar-refractivity contribution >= 4 is 32.7 Å². The topological polar surface area (TPSA) is 52.0 Å². The monoisotopic (exact) mass is 350 g/mol. The first-order chi connectivity index (χ1) is 10.8. The van der Waals surface area contributed by atoms with Gasteiger partial charge in [-0.3, -0.25) is 0 Å². The van der Waals surface area contributed by atoms with Crippen molar-refractivity contribution in [2.45, 2.75) is 27.2 Å². The lowest BCUT2D eigenvalue weighted by Crippen LogP contribution is -2.13. The van der Waals surface area contributed by atoms with Gasteiger partial charge in [-0.15, -0.1) is 0 Å². The summed E-state index contributed by atoms with van der Waals surface area (Å²) in [6, 6.07) is 1.66. The fourth-order valence-corrected chi connectivity index (χ4v) is 3.80. The highest BCUT2D eigenvalue weighted by Gasteiger charge is 2.23. The fourth-order valence-electron chi connectivity index (χ4n) is 2.23. The second kappa shape index (κ2) is 6.72. The molecule has 0 spiro atoms. The van der Waals surface area contributed by atoms with Gasteiger partial charge in [-0.25, -0.2) is 17.4 Å². The summed E-state index contributed by atoms with van der Waals surface area (Å²) >= 11 is 6.23. The van der Waals surface area contributed by atoms with Gasteiger partial charge in [0.2, 0.25) is 0 Å². The lowest BCUT2D eigenvalue weighted by Gasteiger charge is -2.07. The fraction of sp³-hybridized carbons (Fsp3) is 0.235. The van der Waals surface area contributed by atoms with Crippen LogP contribution in [-0.2, 0) is 16.4 Å². The molecule has 0 unspecified atom stereocenters. The van der Waals surface area contributed by atoms with Crippen molar-refractivity contribution in [3.63, 3.8) is 0 Å². The van der Waals surface area contributed by atoms with E-state index in [4.69, 9.17) is 11.6 Å². The van der Waals surface area contributed by atoms with Gasteiger partial charge < -0.3 is 0 Å². The molecule has 0 amide bonds. The summed E-state index contributed by atoms with van der Waals surface area (Å²) in [6.07, 6.45) is 8.35. The van der Waals surface area contributed by atoms with Crippen LogP contribution >= 0.6 is 11.6 Å². The molecule has 0 saturated carbocycles. The normalized spacial score (nSPS) is 12.4. The van der Waals surface area contributed by atoms with E-state index in [0.717, 1.165) is 11.1 Å². The molecule has 0 aliphatic carbocycles. The van der Waals surface area contributed by atoms with Gasteiger partial charge in [0.05, 0.1) is 9.93 Å². The largest absolute Gasteiger partial charge is 0.269 e. The predicted octanol–water partition coefficient (Wildman–Crippen LogP) is 4.47. The van der Waals surface area contributed by atoms with E-state index in [0.29, 0.717) is 22.5 Å². The Morgan fingerprint density at radius 1 is 1.39 bits per heavy atom. The van der Waals surface area contributed by atoms with Crippen LogP contribution in [0.15, 0.2) is 53.7 Å².